The smallest absolute Gasteiger partial charge is 0.331 e. The molecule has 0 atom stereocenters. The fourth-order valence-electron chi connectivity index (χ4n) is 2.55. The Labute approximate surface area is 103 Å². The molecule has 5 nitrogen and oxygen atoms in total. The van der Waals surface area contributed by atoms with Gasteiger partial charge in [-0.25, -0.2) is 4.79 Å². The van der Waals surface area contributed by atoms with Crippen molar-refractivity contribution < 1.29 is 9.50 Å². The Bertz CT molecular complexity index is 527. The van der Waals surface area contributed by atoms with Gasteiger partial charge in [0, 0.05) is 6.04 Å². The number of aromatic amines is 1. The number of aromatic nitrogens is 2. The van der Waals surface area contributed by atoms with Crippen LogP contribution in [0.2, 0.25) is 0 Å². The standard InChI is InChI=1S/C12H17FN2O3/c13-9-10(16)14-12(18)15(11(9)17)8-6-4-2-1-3-5-7-8/h8,17H,1-7H2,(H,14,16,18). The van der Waals surface area contributed by atoms with Gasteiger partial charge in [0.25, 0.3) is 5.56 Å². The number of nitrogens with one attached hydrogen (secondary N) is 1. The van der Waals surface area contributed by atoms with Crippen LogP contribution in [0, 0.1) is 5.82 Å². The van der Waals surface area contributed by atoms with Gasteiger partial charge in [-0.3, -0.25) is 14.3 Å². The van der Waals surface area contributed by atoms with Gasteiger partial charge in [-0.2, -0.15) is 4.39 Å². The molecule has 0 radical (unpaired) electrons. The predicted octanol–water partition coefficient (Wildman–Crippen LogP) is 1.67. The lowest BCUT2D eigenvalue weighted by Crippen LogP contribution is -2.34. The molecular weight excluding hydrogens is 239 g/mol. The SMILES string of the molecule is O=c1[nH]c(=O)n(C2CCCCCCC2)c(O)c1F. The Hall–Kier alpha value is -1.59. The Balaban J connectivity index is 2.39. The van der Waals surface area contributed by atoms with Gasteiger partial charge in [0.05, 0.1) is 0 Å². The molecule has 1 aromatic heterocycles. The van der Waals surface area contributed by atoms with Gasteiger partial charge in [-0.1, -0.05) is 32.1 Å². The zero-order valence-corrected chi connectivity index (χ0v) is 10.1. The third kappa shape index (κ3) is 2.47. The van der Waals surface area contributed by atoms with Gasteiger partial charge < -0.3 is 5.11 Å². The van der Waals surface area contributed by atoms with Crippen LogP contribution in [0.1, 0.15) is 51.0 Å². The van der Waals surface area contributed by atoms with Crippen molar-refractivity contribution >= 4 is 0 Å². The summed E-state index contributed by atoms with van der Waals surface area (Å²) in [6, 6.07) is -0.232. The first-order valence-corrected chi connectivity index (χ1v) is 6.34. The average Bonchev–Trinajstić information content (AvgIpc) is 2.28. The summed E-state index contributed by atoms with van der Waals surface area (Å²) in [5.74, 6) is -2.12. The van der Waals surface area contributed by atoms with E-state index in [0.717, 1.165) is 43.1 Å². The number of rotatable bonds is 1. The van der Waals surface area contributed by atoms with Crippen LogP contribution in [0.3, 0.4) is 0 Å². The Morgan fingerprint density at radius 3 is 2.28 bits per heavy atom. The molecule has 1 aromatic rings. The fraction of sp³-hybridized carbons (Fsp3) is 0.667. The lowest BCUT2D eigenvalue weighted by molar-refractivity contribution is 0.294. The van der Waals surface area contributed by atoms with Crippen LogP contribution < -0.4 is 11.2 Å². The topological polar surface area (TPSA) is 75.1 Å². The highest BCUT2D eigenvalue weighted by atomic mass is 19.1. The molecule has 0 saturated heterocycles. The minimum Gasteiger partial charge on any atom is -0.492 e. The maximum atomic E-state index is 13.4. The van der Waals surface area contributed by atoms with Crippen LogP contribution in [0.4, 0.5) is 4.39 Å². The number of hydrogen-bond donors (Lipinski definition) is 2. The Morgan fingerprint density at radius 1 is 1.11 bits per heavy atom. The fourth-order valence-corrected chi connectivity index (χ4v) is 2.55. The first-order chi connectivity index (χ1) is 8.61. The van der Waals surface area contributed by atoms with E-state index < -0.39 is 22.9 Å². The highest BCUT2D eigenvalue weighted by Gasteiger charge is 2.21. The normalized spacial score (nSPS) is 18.3. The summed E-state index contributed by atoms with van der Waals surface area (Å²) in [7, 11) is 0. The quantitative estimate of drug-likeness (QED) is 0.802. The maximum absolute atomic E-state index is 13.4. The van der Waals surface area contributed by atoms with Crippen LogP contribution in [-0.2, 0) is 0 Å². The summed E-state index contributed by atoms with van der Waals surface area (Å²) >= 11 is 0. The van der Waals surface area contributed by atoms with Gasteiger partial charge in [-0.15, -0.1) is 0 Å². The molecule has 100 valence electrons. The monoisotopic (exact) mass is 256 g/mol. The predicted molar refractivity (Wildman–Crippen MR) is 64.3 cm³/mol. The highest BCUT2D eigenvalue weighted by molar-refractivity contribution is 5.10. The van der Waals surface area contributed by atoms with Crippen LogP contribution in [0.5, 0.6) is 5.88 Å². The summed E-state index contributed by atoms with van der Waals surface area (Å²) in [6.45, 7) is 0. The second-order valence-corrected chi connectivity index (χ2v) is 4.77. The van der Waals surface area contributed by atoms with Crippen molar-refractivity contribution in [1.82, 2.24) is 9.55 Å². The van der Waals surface area contributed by atoms with E-state index in [1.54, 1.807) is 0 Å². The molecule has 1 aliphatic carbocycles. The van der Waals surface area contributed by atoms with Gasteiger partial charge >= 0.3 is 5.69 Å². The van der Waals surface area contributed by atoms with Crippen molar-refractivity contribution in [2.45, 2.75) is 51.0 Å². The minimum atomic E-state index is -1.28. The molecule has 2 N–H and O–H groups in total. The van der Waals surface area contributed by atoms with Crippen LogP contribution in [0.15, 0.2) is 9.59 Å². The molecule has 1 saturated carbocycles. The van der Waals surface area contributed by atoms with E-state index in [9.17, 15) is 19.1 Å². The van der Waals surface area contributed by atoms with Crippen molar-refractivity contribution in [3.8, 4) is 5.88 Å². The molecule has 6 heteroatoms. The third-order valence-corrected chi connectivity index (χ3v) is 3.50. The van der Waals surface area contributed by atoms with E-state index in [4.69, 9.17) is 0 Å². The van der Waals surface area contributed by atoms with Crippen LogP contribution in [-0.4, -0.2) is 14.7 Å². The van der Waals surface area contributed by atoms with Crippen molar-refractivity contribution in [1.29, 1.82) is 0 Å². The zero-order valence-electron chi connectivity index (χ0n) is 10.1. The molecule has 0 bridgehead atoms. The number of hydrogen-bond acceptors (Lipinski definition) is 3. The number of halogens is 1. The molecule has 1 heterocycles. The van der Waals surface area contributed by atoms with Crippen LogP contribution >= 0.6 is 0 Å². The van der Waals surface area contributed by atoms with E-state index in [1.165, 1.54) is 6.42 Å². The molecule has 1 fully saturated rings. The molecule has 0 aliphatic heterocycles. The van der Waals surface area contributed by atoms with E-state index in [1.807, 2.05) is 4.98 Å². The highest BCUT2D eigenvalue weighted by Crippen LogP contribution is 2.28. The van der Waals surface area contributed by atoms with Crippen molar-refractivity contribution in [3.63, 3.8) is 0 Å². The first-order valence-electron chi connectivity index (χ1n) is 6.34. The van der Waals surface area contributed by atoms with Gasteiger partial charge in [0.2, 0.25) is 11.7 Å². The average molecular weight is 256 g/mol. The maximum Gasteiger partial charge on any atom is 0.331 e. The number of aromatic hydroxyl groups is 1. The molecular formula is C12H17FN2O3. The first kappa shape index (κ1) is 12.9. The number of H-pyrrole nitrogens is 1. The van der Waals surface area contributed by atoms with Crippen molar-refractivity contribution in [2.24, 2.45) is 0 Å². The summed E-state index contributed by atoms with van der Waals surface area (Å²) in [5.41, 5.74) is -1.90. The second-order valence-electron chi connectivity index (χ2n) is 4.77. The van der Waals surface area contributed by atoms with Crippen molar-refractivity contribution in [2.75, 3.05) is 0 Å². The summed E-state index contributed by atoms with van der Waals surface area (Å²) in [6.07, 6.45) is 6.66. The Morgan fingerprint density at radius 2 is 1.67 bits per heavy atom. The molecule has 0 unspecified atom stereocenters. The molecule has 0 aromatic carbocycles. The summed E-state index contributed by atoms with van der Waals surface area (Å²) < 4.78 is 14.3. The van der Waals surface area contributed by atoms with E-state index >= 15 is 0 Å². The number of nitrogens with zero attached hydrogens (tertiary/aromatic N) is 1. The van der Waals surface area contributed by atoms with E-state index in [0.29, 0.717) is 0 Å². The van der Waals surface area contributed by atoms with E-state index in [-0.39, 0.29) is 6.04 Å². The van der Waals surface area contributed by atoms with Gasteiger partial charge in [0.1, 0.15) is 0 Å². The van der Waals surface area contributed by atoms with Gasteiger partial charge in [-0.05, 0) is 12.8 Å². The van der Waals surface area contributed by atoms with Crippen LogP contribution in [0.25, 0.3) is 0 Å². The third-order valence-electron chi connectivity index (χ3n) is 3.50. The minimum absolute atomic E-state index is 0.232. The molecule has 0 spiro atoms. The largest absolute Gasteiger partial charge is 0.492 e. The molecule has 2 rings (SSSR count). The van der Waals surface area contributed by atoms with E-state index in [2.05, 4.69) is 0 Å². The Kier molecular flexibility index (Phi) is 3.84. The lowest BCUT2D eigenvalue weighted by Gasteiger charge is -2.22. The summed E-state index contributed by atoms with van der Waals surface area (Å²) in [4.78, 5) is 24.6. The molecule has 0 amide bonds. The zero-order chi connectivity index (χ0) is 13.1. The molecule has 18 heavy (non-hydrogen) atoms. The summed E-state index contributed by atoms with van der Waals surface area (Å²) in [5, 5.41) is 9.64. The lowest BCUT2D eigenvalue weighted by atomic mass is 9.96. The van der Waals surface area contributed by atoms with Gasteiger partial charge in [0.15, 0.2) is 0 Å². The molecule has 1 aliphatic rings. The van der Waals surface area contributed by atoms with Crippen molar-refractivity contribution in [3.05, 3.63) is 26.7 Å². The second kappa shape index (κ2) is 5.37.